The van der Waals surface area contributed by atoms with Crippen molar-refractivity contribution in [2.45, 2.75) is 37.4 Å². The molecule has 130 valence electrons. The van der Waals surface area contributed by atoms with Gasteiger partial charge in [0.2, 0.25) is 11.8 Å². The summed E-state index contributed by atoms with van der Waals surface area (Å²) in [5, 5.41) is 3.16. The quantitative estimate of drug-likeness (QED) is 0.787. The normalized spacial score (nSPS) is 23.5. The summed E-state index contributed by atoms with van der Waals surface area (Å²) >= 11 is 3.37. The number of amides is 2. The number of primary amides is 1. The van der Waals surface area contributed by atoms with Crippen LogP contribution in [0.5, 0.6) is 0 Å². The van der Waals surface area contributed by atoms with Crippen molar-refractivity contribution in [3.63, 3.8) is 0 Å². The summed E-state index contributed by atoms with van der Waals surface area (Å²) in [6.07, 6.45) is 2.45. The van der Waals surface area contributed by atoms with E-state index >= 15 is 0 Å². The number of benzene rings is 1. The second-order valence-corrected chi connectivity index (χ2v) is 7.19. The fourth-order valence-electron chi connectivity index (χ4n) is 3.42. The first kappa shape index (κ1) is 17.4. The molecule has 3 rings (SSSR count). The zero-order chi connectivity index (χ0) is 17.1. The molecule has 2 unspecified atom stereocenters. The minimum absolute atomic E-state index is 0.0604. The first-order valence-electron chi connectivity index (χ1n) is 8.25. The van der Waals surface area contributed by atoms with Crippen LogP contribution in [0.2, 0.25) is 0 Å². The van der Waals surface area contributed by atoms with Gasteiger partial charge in [-0.25, -0.2) is 0 Å². The molecule has 2 fully saturated rings. The third kappa shape index (κ3) is 3.79. The molecule has 24 heavy (non-hydrogen) atoms. The number of carbonyl (C=O) groups excluding carboxylic acids is 2. The Hall–Kier alpha value is -1.44. The largest absolute Gasteiger partial charge is 0.381 e. The Morgan fingerprint density at radius 2 is 1.92 bits per heavy atom. The molecule has 2 aliphatic rings. The fourth-order valence-corrected chi connectivity index (χ4v) is 3.68. The van der Waals surface area contributed by atoms with Crippen molar-refractivity contribution in [3.05, 3.63) is 34.3 Å². The van der Waals surface area contributed by atoms with Gasteiger partial charge < -0.3 is 15.4 Å². The van der Waals surface area contributed by atoms with E-state index < -0.39 is 11.9 Å². The topological polar surface area (TPSA) is 84.7 Å². The maximum Gasteiger partial charge on any atom is 0.240 e. The lowest BCUT2D eigenvalue weighted by Crippen LogP contribution is -2.47. The van der Waals surface area contributed by atoms with Crippen LogP contribution in [-0.4, -0.2) is 48.6 Å². The molecule has 2 saturated heterocycles. The molecule has 3 N–H and O–H groups in total. The second-order valence-electron chi connectivity index (χ2n) is 6.27. The molecule has 1 aromatic rings. The molecule has 0 radical (unpaired) electrons. The molecule has 0 spiro atoms. The minimum Gasteiger partial charge on any atom is -0.381 e. The van der Waals surface area contributed by atoms with E-state index in [4.69, 9.17) is 10.5 Å². The smallest absolute Gasteiger partial charge is 0.240 e. The summed E-state index contributed by atoms with van der Waals surface area (Å²) in [4.78, 5) is 26.5. The van der Waals surface area contributed by atoms with E-state index in [2.05, 4.69) is 21.2 Å². The standard InChI is InChI=1S/C17H22BrN3O3/c18-12-3-1-11(2-4-12)15(16(19)22)20-14-5-8-21(17(14)23)13-6-9-24-10-7-13/h1-4,13-15,20H,5-10H2,(H2,19,22). The number of likely N-dealkylation sites (tertiary alicyclic amines) is 1. The molecule has 2 aliphatic heterocycles. The third-order valence-electron chi connectivity index (χ3n) is 4.73. The lowest BCUT2D eigenvalue weighted by atomic mass is 10.0. The van der Waals surface area contributed by atoms with Gasteiger partial charge in [0.1, 0.15) is 6.04 Å². The van der Waals surface area contributed by atoms with Gasteiger partial charge in [0, 0.05) is 30.3 Å². The van der Waals surface area contributed by atoms with Crippen LogP contribution in [0, 0.1) is 0 Å². The highest BCUT2D eigenvalue weighted by atomic mass is 79.9. The number of hydrogen-bond acceptors (Lipinski definition) is 4. The van der Waals surface area contributed by atoms with Crippen LogP contribution in [0.1, 0.15) is 30.9 Å². The van der Waals surface area contributed by atoms with Gasteiger partial charge in [0.25, 0.3) is 0 Å². The van der Waals surface area contributed by atoms with Gasteiger partial charge in [0.05, 0.1) is 6.04 Å². The molecule has 6 nitrogen and oxygen atoms in total. The SMILES string of the molecule is NC(=O)C(NC1CCN(C2CCOCC2)C1=O)c1ccc(Br)cc1. The molecular formula is C17H22BrN3O3. The van der Waals surface area contributed by atoms with Crippen LogP contribution < -0.4 is 11.1 Å². The Balaban J connectivity index is 1.68. The highest BCUT2D eigenvalue weighted by molar-refractivity contribution is 9.10. The number of hydrogen-bond donors (Lipinski definition) is 2. The predicted octanol–water partition coefficient (Wildman–Crippen LogP) is 1.34. The molecule has 0 aromatic heterocycles. The highest BCUT2D eigenvalue weighted by Gasteiger charge is 2.38. The lowest BCUT2D eigenvalue weighted by molar-refractivity contribution is -0.133. The Morgan fingerprint density at radius 3 is 2.54 bits per heavy atom. The zero-order valence-electron chi connectivity index (χ0n) is 13.4. The van der Waals surface area contributed by atoms with Crippen LogP contribution >= 0.6 is 15.9 Å². The lowest BCUT2D eigenvalue weighted by Gasteiger charge is -2.31. The summed E-state index contributed by atoms with van der Waals surface area (Å²) in [7, 11) is 0. The summed E-state index contributed by atoms with van der Waals surface area (Å²) in [5.41, 5.74) is 6.32. The third-order valence-corrected chi connectivity index (χ3v) is 5.26. The van der Waals surface area contributed by atoms with Crippen LogP contribution in [0.15, 0.2) is 28.7 Å². The van der Waals surface area contributed by atoms with E-state index in [0.717, 1.165) is 22.9 Å². The van der Waals surface area contributed by atoms with Crippen molar-refractivity contribution in [3.8, 4) is 0 Å². The molecule has 0 bridgehead atoms. The maximum atomic E-state index is 12.7. The molecule has 2 amide bonds. The second kappa shape index (κ2) is 7.63. The summed E-state index contributed by atoms with van der Waals surface area (Å²) in [5.74, 6) is -0.417. The van der Waals surface area contributed by atoms with Gasteiger partial charge in [-0.3, -0.25) is 14.9 Å². The average Bonchev–Trinajstić information content (AvgIpc) is 2.95. The van der Waals surface area contributed by atoms with E-state index in [9.17, 15) is 9.59 Å². The number of rotatable bonds is 5. The van der Waals surface area contributed by atoms with Gasteiger partial charge in [-0.2, -0.15) is 0 Å². The molecule has 1 aromatic carbocycles. The number of ether oxygens (including phenoxy) is 1. The number of nitrogens with zero attached hydrogens (tertiary/aromatic N) is 1. The summed E-state index contributed by atoms with van der Waals surface area (Å²) < 4.78 is 6.29. The molecule has 0 aliphatic carbocycles. The maximum absolute atomic E-state index is 12.7. The Kier molecular flexibility index (Phi) is 5.53. The zero-order valence-corrected chi connectivity index (χ0v) is 15.0. The average molecular weight is 396 g/mol. The Morgan fingerprint density at radius 1 is 1.25 bits per heavy atom. The van der Waals surface area contributed by atoms with E-state index in [-0.39, 0.29) is 18.0 Å². The number of halogens is 1. The predicted molar refractivity (Wildman–Crippen MR) is 93.2 cm³/mol. The molecule has 2 heterocycles. The van der Waals surface area contributed by atoms with Gasteiger partial charge in [-0.15, -0.1) is 0 Å². The van der Waals surface area contributed by atoms with Crippen molar-refractivity contribution in [1.29, 1.82) is 0 Å². The summed E-state index contributed by atoms with van der Waals surface area (Å²) in [6.45, 7) is 2.12. The van der Waals surface area contributed by atoms with Gasteiger partial charge in [-0.1, -0.05) is 28.1 Å². The van der Waals surface area contributed by atoms with Crippen molar-refractivity contribution in [2.24, 2.45) is 5.73 Å². The summed E-state index contributed by atoms with van der Waals surface area (Å²) in [6, 6.07) is 6.60. The van der Waals surface area contributed by atoms with E-state index in [1.807, 2.05) is 29.2 Å². The minimum atomic E-state index is -0.665. The van der Waals surface area contributed by atoms with E-state index in [1.54, 1.807) is 0 Å². The van der Waals surface area contributed by atoms with Crippen LogP contribution in [0.25, 0.3) is 0 Å². The number of nitrogens with one attached hydrogen (secondary N) is 1. The number of nitrogens with two attached hydrogens (primary N) is 1. The van der Waals surface area contributed by atoms with Crippen molar-refractivity contribution in [1.82, 2.24) is 10.2 Å². The van der Waals surface area contributed by atoms with Gasteiger partial charge >= 0.3 is 0 Å². The van der Waals surface area contributed by atoms with Crippen molar-refractivity contribution in [2.75, 3.05) is 19.8 Å². The fraction of sp³-hybridized carbons (Fsp3) is 0.529. The van der Waals surface area contributed by atoms with E-state index in [0.29, 0.717) is 26.2 Å². The van der Waals surface area contributed by atoms with Crippen molar-refractivity contribution >= 4 is 27.7 Å². The molecule has 0 saturated carbocycles. The van der Waals surface area contributed by atoms with Crippen molar-refractivity contribution < 1.29 is 14.3 Å². The van der Waals surface area contributed by atoms with E-state index in [1.165, 1.54) is 0 Å². The van der Waals surface area contributed by atoms with Gasteiger partial charge in [-0.05, 0) is 37.0 Å². The monoisotopic (exact) mass is 395 g/mol. The molecule has 2 atom stereocenters. The first-order valence-corrected chi connectivity index (χ1v) is 9.04. The number of carbonyl (C=O) groups is 2. The van der Waals surface area contributed by atoms with Crippen LogP contribution in [0.4, 0.5) is 0 Å². The first-order chi connectivity index (χ1) is 11.6. The Labute approximate surface area is 149 Å². The molecule has 7 heteroatoms. The Bertz CT molecular complexity index is 602. The van der Waals surface area contributed by atoms with Gasteiger partial charge in [0.15, 0.2) is 0 Å². The van der Waals surface area contributed by atoms with Crippen LogP contribution in [0.3, 0.4) is 0 Å². The van der Waals surface area contributed by atoms with Crippen LogP contribution in [-0.2, 0) is 14.3 Å². The molecular weight excluding hydrogens is 374 g/mol. The highest BCUT2D eigenvalue weighted by Crippen LogP contribution is 2.24.